The van der Waals surface area contributed by atoms with Gasteiger partial charge in [0, 0.05) is 35.8 Å². The molecule has 5 heteroatoms. The van der Waals surface area contributed by atoms with E-state index in [2.05, 4.69) is 25.2 Å². The Bertz CT molecular complexity index is 857. The molecule has 0 unspecified atom stereocenters. The van der Waals surface area contributed by atoms with E-state index < -0.39 is 0 Å². The van der Waals surface area contributed by atoms with E-state index in [9.17, 15) is 9.18 Å². The Hall–Kier alpha value is -2.87. The smallest absolute Gasteiger partial charge is 0.224 e. The Balaban J connectivity index is 2.05. The van der Waals surface area contributed by atoms with E-state index in [1.807, 2.05) is 12.1 Å². The minimum Gasteiger partial charge on any atom is -0.378 e. The summed E-state index contributed by atoms with van der Waals surface area (Å²) in [6.07, 6.45) is 0.809. The summed E-state index contributed by atoms with van der Waals surface area (Å²) in [4.78, 5) is 14.1. The van der Waals surface area contributed by atoms with Crippen LogP contribution in [0.2, 0.25) is 0 Å². The molecule has 0 spiro atoms. The molecule has 0 aromatic heterocycles. The van der Waals surface area contributed by atoms with E-state index in [1.165, 1.54) is 12.1 Å². The molecule has 0 fully saturated rings. The minimum absolute atomic E-state index is 0.0290. The number of nitrogens with one attached hydrogen (secondary N) is 1. The maximum absolute atomic E-state index is 14.0. The van der Waals surface area contributed by atoms with E-state index in [0.29, 0.717) is 5.56 Å². The first-order valence-corrected chi connectivity index (χ1v) is 8.82. The molecule has 4 nitrogen and oxygen atoms in total. The second kappa shape index (κ2) is 7.17. The molecule has 0 saturated carbocycles. The van der Waals surface area contributed by atoms with Crippen molar-refractivity contribution in [3.63, 3.8) is 0 Å². The minimum atomic E-state index is -0.318. The summed E-state index contributed by atoms with van der Waals surface area (Å²) < 4.78 is 14.0. The Morgan fingerprint density at radius 1 is 1.27 bits per heavy atom. The van der Waals surface area contributed by atoms with Crippen molar-refractivity contribution in [3.05, 3.63) is 59.4 Å². The molecule has 0 saturated heterocycles. The van der Waals surface area contributed by atoms with Gasteiger partial charge in [-0.3, -0.25) is 4.79 Å². The second-order valence-corrected chi connectivity index (χ2v) is 6.74. The van der Waals surface area contributed by atoms with Gasteiger partial charge in [-0.15, -0.1) is 0 Å². The summed E-state index contributed by atoms with van der Waals surface area (Å²) >= 11 is 0. The summed E-state index contributed by atoms with van der Waals surface area (Å²) in [6.45, 7) is 5.69. The van der Waals surface area contributed by atoms with Crippen LogP contribution in [0.4, 0.5) is 15.8 Å². The van der Waals surface area contributed by atoms with Gasteiger partial charge in [0.15, 0.2) is 0 Å². The van der Waals surface area contributed by atoms with E-state index in [1.54, 1.807) is 30.0 Å². The third-order valence-corrected chi connectivity index (χ3v) is 5.14. The van der Waals surface area contributed by atoms with Gasteiger partial charge < -0.3 is 10.2 Å². The lowest BCUT2D eigenvalue weighted by Crippen LogP contribution is -2.49. The van der Waals surface area contributed by atoms with Gasteiger partial charge in [0.25, 0.3) is 0 Å². The number of rotatable bonds is 3. The largest absolute Gasteiger partial charge is 0.378 e. The first-order chi connectivity index (χ1) is 12.5. The Labute approximate surface area is 153 Å². The molecule has 1 aliphatic heterocycles. The van der Waals surface area contributed by atoms with Gasteiger partial charge in [0.05, 0.1) is 17.7 Å². The molecule has 1 N–H and O–H groups in total. The molecule has 0 radical (unpaired) electrons. The van der Waals surface area contributed by atoms with Crippen LogP contribution in [0.15, 0.2) is 42.5 Å². The van der Waals surface area contributed by atoms with Crippen LogP contribution in [-0.4, -0.2) is 11.9 Å². The van der Waals surface area contributed by atoms with Crippen molar-refractivity contribution in [2.45, 2.75) is 39.3 Å². The first kappa shape index (κ1) is 17.9. The standard InChI is InChI=1S/C21H22FN3O/c1-4-19-13(2)21(24-17-8-5-15(12-23)6-9-17)18-11-16(22)7-10-20(18)25(19)14(3)26/h5-11,13,19,21,24H,4H2,1-3H3/t13-,19-,21-/m0/s1. The molecule has 1 amide bonds. The number of carbonyl (C=O) groups excluding carboxylic acids is 1. The summed E-state index contributed by atoms with van der Waals surface area (Å²) in [6, 6.07) is 13.8. The van der Waals surface area contributed by atoms with Gasteiger partial charge in [-0.25, -0.2) is 4.39 Å². The zero-order valence-electron chi connectivity index (χ0n) is 15.2. The highest BCUT2D eigenvalue weighted by Gasteiger charge is 2.39. The molecule has 0 aliphatic carbocycles. The topological polar surface area (TPSA) is 56.1 Å². The van der Waals surface area contributed by atoms with Crippen molar-refractivity contribution < 1.29 is 9.18 Å². The average Bonchev–Trinajstić information content (AvgIpc) is 2.63. The second-order valence-electron chi connectivity index (χ2n) is 6.74. The average molecular weight is 351 g/mol. The van der Waals surface area contributed by atoms with Crippen LogP contribution >= 0.6 is 0 Å². The Kier molecular flexibility index (Phi) is 4.94. The van der Waals surface area contributed by atoms with Gasteiger partial charge >= 0.3 is 0 Å². The SMILES string of the molecule is CC[C@H]1[C@H](C)[C@H](Nc2ccc(C#N)cc2)c2cc(F)ccc2N1C(C)=O. The zero-order chi connectivity index (χ0) is 18.8. The van der Waals surface area contributed by atoms with Crippen molar-refractivity contribution in [1.82, 2.24) is 0 Å². The molecule has 134 valence electrons. The monoisotopic (exact) mass is 351 g/mol. The number of amides is 1. The number of nitrogens with zero attached hydrogens (tertiary/aromatic N) is 2. The van der Waals surface area contributed by atoms with E-state index >= 15 is 0 Å². The van der Waals surface area contributed by atoms with Crippen molar-refractivity contribution in [1.29, 1.82) is 5.26 Å². The van der Waals surface area contributed by atoms with Crippen LogP contribution in [0.5, 0.6) is 0 Å². The van der Waals surface area contributed by atoms with Crippen molar-refractivity contribution in [3.8, 4) is 6.07 Å². The maximum atomic E-state index is 14.0. The third kappa shape index (κ3) is 3.15. The zero-order valence-corrected chi connectivity index (χ0v) is 15.2. The normalized spacial score (nSPS) is 21.7. The predicted octanol–water partition coefficient (Wildman–Crippen LogP) is 4.63. The molecule has 1 aliphatic rings. The number of carbonyl (C=O) groups is 1. The number of hydrogen-bond acceptors (Lipinski definition) is 3. The van der Waals surface area contributed by atoms with Crippen LogP contribution in [0.25, 0.3) is 0 Å². The van der Waals surface area contributed by atoms with Crippen LogP contribution in [-0.2, 0) is 4.79 Å². The molecule has 3 rings (SSSR count). The summed E-state index contributed by atoms with van der Waals surface area (Å²) in [7, 11) is 0. The summed E-state index contributed by atoms with van der Waals surface area (Å²) in [5, 5.41) is 12.4. The van der Waals surface area contributed by atoms with Crippen molar-refractivity contribution >= 4 is 17.3 Å². The van der Waals surface area contributed by atoms with Gasteiger partial charge in [-0.1, -0.05) is 13.8 Å². The lowest BCUT2D eigenvalue weighted by atomic mass is 9.80. The molecule has 26 heavy (non-hydrogen) atoms. The fourth-order valence-electron chi connectivity index (χ4n) is 3.90. The van der Waals surface area contributed by atoms with Crippen molar-refractivity contribution in [2.24, 2.45) is 5.92 Å². The van der Waals surface area contributed by atoms with Gasteiger partial charge in [-0.2, -0.15) is 5.26 Å². The highest BCUT2D eigenvalue weighted by atomic mass is 19.1. The molecule has 1 heterocycles. The molecule has 3 atom stereocenters. The van der Waals surface area contributed by atoms with E-state index in [4.69, 9.17) is 5.26 Å². The van der Waals surface area contributed by atoms with Gasteiger partial charge in [0.2, 0.25) is 5.91 Å². The lowest BCUT2D eigenvalue weighted by Gasteiger charge is -2.45. The summed E-state index contributed by atoms with van der Waals surface area (Å²) in [5.74, 6) is -0.261. The maximum Gasteiger partial charge on any atom is 0.224 e. The first-order valence-electron chi connectivity index (χ1n) is 8.82. The number of nitriles is 1. The number of benzene rings is 2. The predicted molar refractivity (Wildman–Crippen MR) is 100 cm³/mol. The fraction of sp³-hybridized carbons (Fsp3) is 0.333. The molecule has 0 bridgehead atoms. The number of fused-ring (bicyclic) bond motifs is 1. The number of hydrogen-bond donors (Lipinski definition) is 1. The molecule has 2 aromatic rings. The highest BCUT2D eigenvalue weighted by molar-refractivity contribution is 5.94. The Morgan fingerprint density at radius 3 is 2.54 bits per heavy atom. The van der Waals surface area contributed by atoms with E-state index in [-0.39, 0.29) is 29.7 Å². The fourth-order valence-corrected chi connectivity index (χ4v) is 3.90. The highest BCUT2D eigenvalue weighted by Crippen LogP contribution is 2.43. The van der Waals surface area contributed by atoms with Gasteiger partial charge in [-0.05, 0) is 48.9 Å². The molecular formula is C21H22FN3O. The number of anilines is 2. The van der Waals surface area contributed by atoms with Crippen molar-refractivity contribution in [2.75, 3.05) is 10.2 Å². The third-order valence-electron chi connectivity index (χ3n) is 5.14. The van der Waals surface area contributed by atoms with E-state index in [0.717, 1.165) is 23.4 Å². The molecular weight excluding hydrogens is 329 g/mol. The lowest BCUT2D eigenvalue weighted by molar-refractivity contribution is -0.117. The molecule has 2 aromatic carbocycles. The Morgan fingerprint density at radius 2 is 1.96 bits per heavy atom. The van der Waals surface area contributed by atoms with Gasteiger partial charge in [0.1, 0.15) is 5.82 Å². The van der Waals surface area contributed by atoms with Crippen LogP contribution in [0, 0.1) is 23.1 Å². The van der Waals surface area contributed by atoms with Crippen LogP contribution in [0.3, 0.4) is 0 Å². The number of halogens is 1. The van der Waals surface area contributed by atoms with Crippen LogP contribution < -0.4 is 10.2 Å². The van der Waals surface area contributed by atoms with Crippen LogP contribution in [0.1, 0.15) is 44.4 Å². The quantitative estimate of drug-likeness (QED) is 0.877. The summed E-state index contributed by atoms with van der Waals surface area (Å²) in [5.41, 5.74) is 2.99.